The Hall–Kier alpha value is -1.43. The zero-order valence-electron chi connectivity index (χ0n) is 11.5. The number of carbonyl (C=O) groups excluding carboxylic acids is 1. The summed E-state index contributed by atoms with van der Waals surface area (Å²) in [5.41, 5.74) is 0.499. The second kappa shape index (κ2) is 7.54. The smallest absolute Gasteiger partial charge is 0.253 e. The van der Waals surface area contributed by atoms with Crippen LogP contribution in [0.3, 0.4) is 0 Å². The van der Waals surface area contributed by atoms with E-state index in [1.807, 2.05) is 13.0 Å². The van der Waals surface area contributed by atoms with Crippen LogP contribution in [0.5, 0.6) is 0 Å². The van der Waals surface area contributed by atoms with Gasteiger partial charge in [0.05, 0.1) is 18.4 Å². The van der Waals surface area contributed by atoms with Crippen LogP contribution < -0.4 is 5.32 Å². The van der Waals surface area contributed by atoms with Crippen LogP contribution in [0.2, 0.25) is 5.02 Å². The number of nitrogens with one attached hydrogen (secondary N) is 1. The van der Waals surface area contributed by atoms with Crippen molar-refractivity contribution in [3.63, 3.8) is 0 Å². The van der Waals surface area contributed by atoms with Gasteiger partial charge in [0.1, 0.15) is 11.8 Å². The minimum atomic E-state index is -0.578. The number of hydrogen-bond acceptors (Lipinski definition) is 4. The van der Waals surface area contributed by atoms with Gasteiger partial charge in [-0.15, -0.1) is 11.8 Å². The maximum absolute atomic E-state index is 12.4. The minimum Gasteiger partial charge on any atom is -0.467 e. The van der Waals surface area contributed by atoms with Gasteiger partial charge in [0.15, 0.2) is 0 Å². The maximum Gasteiger partial charge on any atom is 0.253 e. The molecule has 112 valence electrons. The van der Waals surface area contributed by atoms with Gasteiger partial charge in [0, 0.05) is 9.92 Å². The van der Waals surface area contributed by atoms with Crippen molar-refractivity contribution in [3.8, 4) is 0 Å². The van der Waals surface area contributed by atoms with Gasteiger partial charge in [-0.05, 0) is 36.1 Å². The fourth-order valence-corrected chi connectivity index (χ4v) is 2.85. The number of benzene rings is 1. The SMILES string of the molecule is CCSc1ccc(Cl)cc1C(=O)NC(CO)c1ccco1. The van der Waals surface area contributed by atoms with E-state index >= 15 is 0 Å². The van der Waals surface area contributed by atoms with Crippen molar-refractivity contribution < 1.29 is 14.3 Å². The number of thioether (sulfide) groups is 1. The first-order valence-electron chi connectivity index (χ1n) is 6.53. The van der Waals surface area contributed by atoms with Crippen molar-refractivity contribution >= 4 is 29.3 Å². The molecule has 1 heterocycles. The molecule has 4 nitrogen and oxygen atoms in total. The van der Waals surface area contributed by atoms with Gasteiger partial charge in [-0.25, -0.2) is 0 Å². The lowest BCUT2D eigenvalue weighted by Crippen LogP contribution is -2.30. The highest BCUT2D eigenvalue weighted by molar-refractivity contribution is 7.99. The van der Waals surface area contributed by atoms with Crippen LogP contribution in [0.25, 0.3) is 0 Å². The molecule has 1 aromatic heterocycles. The normalized spacial score (nSPS) is 12.1. The van der Waals surface area contributed by atoms with E-state index in [1.54, 1.807) is 36.0 Å². The molecule has 0 spiro atoms. The van der Waals surface area contributed by atoms with E-state index in [2.05, 4.69) is 5.32 Å². The summed E-state index contributed by atoms with van der Waals surface area (Å²) < 4.78 is 5.22. The third-order valence-corrected chi connectivity index (χ3v) is 4.05. The molecule has 1 amide bonds. The first-order valence-corrected chi connectivity index (χ1v) is 7.89. The van der Waals surface area contributed by atoms with Gasteiger partial charge in [-0.3, -0.25) is 4.79 Å². The van der Waals surface area contributed by atoms with Crippen LogP contribution in [0.4, 0.5) is 0 Å². The highest BCUT2D eigenvalue weighted by Gasteiger charge is 2.19. The lowest BCUT2D eigenvalue weighted by Gasteiger charge is -2.15. The molecule has 0 saturated heterocycles. The molecule has 6 heteroatoms. The van der Waals surface area contributed by atoms with E-state index in [9.17, 15) is 9.90 Å². The molecular weight excluding hydrogens is 310 g/mol. The molecule has 2 aromatic rings. The summed E-state index contributed by atoms with van der Waals surface area (Å²) in [4.78, 5) is 13.3. The van der Waals surface area contributed by atoms with Gasteiger partial charge >= 0.3 is 0 Å². The molecule has 0 bridgehead atoms. The number of halogens is 1. The van der Waals surface area contributed by atoms with E-state index in [0.29, 0.717) is 16.3 Å². The second-order valence-electron chi connectivity index (χ2n) is 4.30. The van der Waals surface area contributed by atoms with E-state index < -0.39 is 6.04 Å². The van der Waals surface area contributed by atoms with Gasteiger partial charge in [-0.2, -0.15) is 0 Å². The number of rotatable bonds is 6. The summed E-state index contributed by atoms with van der Waals surface area (Å²) >= 11 is 7.54. The standard InChI is InChI=1S/C15H16ClNO3S/c1-2-21-14-6-5-10(16)8-11(14)15(19)17-12(9-18)13-4-3-7-20-13/h3-8,12,18H,2,9H2,1H3,(H,17,19). The second-order valence-corrected chi connectivity index (χ2v) is 6.04. The van der Waals surface area contributed by atoms with Crippen molar-refractivity contribution in [1.29, 1.82) is 0 Å². The fourth-order valence-electron chi connectivity index (χ4n) is 1.89. The Morgan fingerprint density at radius 2 is 2.29 bits per heavy atom. The molecule has 0 fully saturated rings. The quantitative estimate of drug-likeness (QED) is 0.798. The predicted molar refractivity (Wildman–Crippen MR) is 83.9 cm³/mol. The lowest BCUT2D eigenvalue weighted by atomic mass is 10.1. The molecule has 0 saturated carbocycles. The lowest BCUT2D eigenvalue weighted by molar-refractivity contribution is 0.0904. The van der Waals surface area contributed by atoms with Crippen molar-refractivity contribution in [1.82, 2.24) is 5.32 Å². The number of aliphatic hydroxyl groups excluding tert-OH is 1. The fraction of sp³-hybridized carbons (Fsp3) is 0.267. The molecule has 2 rings (SSSR count). The highest BCUT2D eigenvalue weighted by Crippen LogP contribution is 2.26. The summed E-state index contributed by atoms with van der Waals surface area (Å²) in [6.45, 7) is 1.77. The first-order chi connectivity index (χ1) is 10.2. The molecule has 0 aliphatic rings. The molecule has 0 aliphatic heterocycles. The zero-order chi connectivity index (χ0) is 15.2. The van der Waals surface area contributed by atoms with Gasteiger partial charge in [0.2, 0.25) is 0 Å². The molecule has 2 N–H and O–H groups in total. The molecule has 0 aliphatic carbocycles. The number of amides is 1. The third-order valence-electron chi connectivity index (χ3n) is 2.86. The Bertz CT molecular complexity index is 601. The van der Waals surface area contributed by atoms with Gasteiger partial charge in [0.25, 0.3) is 5.91 Å². The Morgan fingerprint density at radius 3 is 2.90 bits per heavy atom. The van der Waals surface area contributed by atoms with Crippen molar-refractivity contribution in [2.75, 3.05) is 12.4 Å². The van der Waals surface area contributed by atoms with Gasteiger partial charge in [-0.1, -0.05) is 18.5 Å². The van der Waals surface area contributed by atoms with Crippen LogP contribution in [0.15, 0.2) is 45.9 Å². The minimum absolute atomic E-state index is 0.240. The van der Waals surface area contributed by atoms with E-state index in [1.165, 1.54) is 6.26 Å². The highest BCUT2D eigenvalue weighted by atomic mass is 35.5. The summed E-state index contributed by atoms with van der Waals surface area (Å²) in [7, 11) is 0. The Kier molecular flexibility index (Phi) is 5.73. The van der Waals surface area contributed by atoms with Crippen molar-refractivity contribution in [3.05, 3.63) is 52.9 Å². The maximum atomic E-state index is 12.4. The summed E-state index contributed by atoms with van der Waals surface area (Å²) in [5.74, 6) is 1.07. The molecular formula is C15H16ClNO3S. The zero-order valence-corrected chi connectivity index (χ0v) is 13.1. The van der Waals surface area contributed by atoms with Crippen LogP contribution in [0, 0.1) is 0 Å². The average Bonchev–Trinajstić information content (AvgIpc) is 3.00. The summed E-state index contributed by atoms with van der Waals surface area (Å²) in [6, 6.07) is 8.05. The number of carbonyl (C=O) groups is 1. The monoisotopic (exact) mass is 325 g/mol. The Labute approximate surface area is 132 Å². The van der Waals surface area contributed by atoms with Crippen LogP contribution >= 0.6 is 23.4 Å². The third kappa shape index (κ3) is 4.03. The predicted octanol–water partition coefficient (Wildman–Crippen LogP) is 3.51. The van der Waals surface area contributed by atoms with E-state index in [-0.39, 0.29) is 12.5 Å². The first kappa shape index (κ1) is 15.9. The number of furan rings is 1. The summed E-state index contributed by atoms with van der Waals surface area (Å²) in [5, 5.41) is 12.7. The Morgan fingerprint density at radius 1 is 1.48 bits per heavy atom. The largest absolute Gasteiger partial charge is 0.467 e. The molecule has 1 unspecified atom stereocenters. The molecule has 21 heavy (non-hydrogen) atoms. The number of hydrogen-bond donors (Lipinski definition) is 2. The van der Waals surface area contributed by atoms with Crippen LogP contribution in [0.1, 0.15) is 29.1 Å². The average molecular weight is 326 g/mol. The topological polar surface area (TPSA) is 62.5 Å². The molecule has 1 atom stereocenters. The van der Waals surface area contributed by atoms with E-state index in [0.717, 1.165) is 10.6 Å². The molecule has 0 radical (unpaired) electrons. The van der Waals surface area contributed by atoms with Crippen molar-refractivity contribution in [2.45, 2.75) is 17.9 Å². The van der Waals surface area contributed by atoms with Crippen LogP contribution in [-0.4, -0.2) is 23.4 Å². The molecule has 1 aromatic carbocycles. The van der Waals surface area contributed by atoms with Crippen LogP contribution in [-0.2, 0) is 0 Å². The van der Waals surface area contributed by atoms with Gasteiger partial charge < -0.3 is 14.8 Å². The Balaban J connectivity index is 2.21. The van der Waals surface area contributed by atoms with Crippen molar-refractivity contribution in [2.24, 2.45) is 0 Å². The summed E-state index contributed by atoms with van der Waals surface area (Å²) in [6.07, 6.45) is 1.50. The number of aliphatic hydroxyl groups is 1. The van der Waals surface area contributed by atoms with E-state index in [4.69, 9.17) is 16.0 Å².